The largest absolute Gasteiger partial charge is 0.507 e. The third-order valence-electron chi connectivity index (χ3n) is 2.59. The Morgan fingerprint density at radius 2 is 1.73 bits per heavy atom. The normalized spacial score (nSPS) is 10.7. The Bertz CT molecular complexity index is 465. The van der Waals surface area contributed by atoms with Crippen molar-refractivity contribution in [2.24, 2.45) is 0 Å². The average Bonchev–Trinajstić information content (AvgIpc) is 2.27. The number of fused-ring (bicyclic) bond motifs is 1. The molecule has 0 fully saturated rings. The van der Waals surface area contributed by atoms with Gasteiger partial charge in [0.25, 0.3) is 0 Å². The van der Waals surface area contributed by atoms with E-state index in [0.29, 0.717) is 5.75 Å². The summed E-state index contributed by atoms with van der Waals surface area (Å²) in [5.41, 5.74) is 1.29. The minimum absolute atomic E-state index is 0.361. The molecule has 0 radical (unpaired) electrons. The van der Waals surface area contributed by atoms with Crippen molar-refractivity contribution in [2.75, 3.05) is 5.75 Å². The topological polar surface area (TPSA) is 20.2 Å². The van der Waals surface area contributed by atoms with Crippen molar-refractivity contribution < 1.29 is 5.11 Å². The van der Waals surface area contributed by atoms with E-state index < -0.39 is 0 Å². The molecule has 0 heterocycles. The molecule has 78 valence electrons. The molecule has 2 aromatic carbocycles. The van der Waals surface area contributed by atoms with Gasteiger partial charge in [0, 0.05) is 5.39 Å². The lowest BCUT2D eigenvalue weighted by molar-refractivity contribution is 0.481. The summed E-state index contributed by atoms with van der Waals surface area (Å²) in [5.74, 6) is 1.26. The smallest absolute Gasteiger partial charge is 0.123 e. The van der Waals surface area contributed by atoms with Crippen LogP contribution >= 0.6 is 12.6 Å². The van der Waals surface area contributed by atoms with Gasteiger partial charge in [-0.15, -0.1) is 0 Å². The fourth-order valence-corrected chi connectivity index (χ4v) is 2.00. The number of aryl methyl sites for hydroxylation is 1. The Morgan fingerprint density at radius 3 is 2.53 bits per heavy atom. The van der Waals surface area contributed by atoms with E-state index in [2.05, 4.69) is 24.8 Å². The van der Waals surface area contributed by atoms with Crippen LogP contribution in [-0.2, 0) is 6.42 Å². The first-order chi connectivity index (χ1) is 7.33. The Kier molecular flexibility index (Phi) is 3.17. The second kappa shape index (κ2) is 4.58. The minimum Gasteiger partial charge on any atom is -0.507 e. The summed E-state index contributed by atoms with van der Waals surface area (Å²) in [7, 11) is 0. The van der Waals surface area contributed by atoms with Crippen LogP contribution in [-0.4, -0.2) is 10.9 Å². The molecule has 2 rings (SSSR count). The maximum atomic E-state index is 9.71. The fourth-order valence-electron chi connectivity index (χ4n) is 1.85. The first-order valence-electron chi connectivity index (χ1n) is 5.13. The molecule has 0 amide bonds. The van der Waals surface area contributed by atoms with Crippen LogP contribution in [0.4, 0.5) is 0 Å². The highest BCUT2D eigenvalue weighted by atomic mass is 32.1. The standard InChI is InChI=1S/C13H14OS/c14-13-8-2-6-11-10(5-3-9-15)4-1-7-12(11)13/h1-2,4,6-8,14-15H,3,5,9H2. The predicted molar refractivity (Wildman–Crippen MR) is 67.8 cm³/mol. The lowest BCUT2D eigenvalue weighted by Gasteiger charge is -2.06. The third kappa shape index (κ3) is 2.10. The first-order valence-corrected chi connectivity index (χ1v) is 5.76. The molecule has 0 aliphatic rings. The second-order valence-electron chi connectivity index (χ2n) is 3.62. The van der Waals surface area contributed by atoms with E-state index in [1.54, 1.807) is 6.07 Å². The summed E-state index contributed by atoms with van der Waals surface area (Å²) in [6, 6.07) is 11.7. The molecule has 15 heavy (non-hydrogen) atoms. The maximum Gasteiger partial charge on any atom is 0.123 e. The Balaban J connectivity index is 2.51. The summed E-state index contributed by atoms with van der Waals surface area (Å²) in [4.78, 5) is 0. The molecule has 0 atom stereocenters. The third-order valence-corrected chi connectivity index (χ3v) is 2.91. The van der Waals surface area contributed by atoms with Gasteiger partial charge in [-0.1, -0.05) is 30.3 Å². The molecule has 1 nitrogen and oxygen atoms in total. The lowest BCUT2D eigenvalue weighted by atomic mass is 10.0. The quantitative estimate of drug-likeness (QED) is 0.756. The second-order valence-corrected chi connectivity index (χ2v) is 4.06. The number of phenols is 1. The molecule has 0 saturated heterocycles. The van der Waals surface area contributed by atoms with Gasteiger partial charge in [0.2, 0.25) is 0 Å². The van der Waals surface area contributed by atoms with Crippen LogP contribution in [0.5, 0.6) is 5.75 Å². The van der Waals surface area contributed by atoms with E-state index in [-0.39, 0.29) is 0 Å². The molecular formula is C13H14OS. The number of rotatable bonds is 3. The molecule has 0 unspecified atom stereocenters. The van der Waals surface area contributed by atoms with E-state index in [9.17, 15) is 5.11 Å². The van der Waals surface area contributed by atoms with Gasteiger partial charge in [-0.3, -0.25) is 0 Å². The van der Waals surface area contributed by atoms with E-state index in [0.717, 1.165) is 29.4 Å². The number of hydrogen-bond donors (Lipinski definition) is 2. The van der Waals surface area contributed by atoms with Gasteiger partial charge in [0.05, 0.1) is 0 Å². The first kappa shape index (κ1) is 10.4. The van der Waals surface area contributed by atoms with Gasteiger partial charge >= 0.3 is 0 Å². The van der Waals surface area contributed by atoms with Gasteiger partial charge in [-0.25, -0.2) is 0 Å². The van der Waals surface area contributed by atoms with Crippen LogP contribution in [0.15, 0.2) is 36.4 Å². The summed E-state index contributed by atoms with van der Waals surface area (Å²) in [6.45, 7) is 0. The van der Waals surface area contributed by atoms with Crippen molar-refractivity contribution in [1.82, 2.24) is 0 Å². The van der Waals surface area contributed by atoms with E-state index >= 15 is 0 Å². The minimum atomic E-state index is 0.361. The number of thiol groups is 1. The predicted octanol–water partition coefficient (Wildman–Crippen LogP) is 3.41. The number of aromatic hydroxyl groups is 1. The van der Waals surface area contributed by atoms with Gasteiger partial charge in [0.15, 0.2) is 0 Å². The van der Waals surface area contributed by atoms with Crippen LogP contribution < -0.4 is 0 Å². The molecular weight excluding hydrogens is 204 g/mol. The number of benzene rings is 2. The van der Waals surface area contributed by atoms with Gasteiger partial charge < -0.3 is 5.11 Å². The zero-order valence-corrected chi connectivity index (χ0v) is 9.37. The van der Waals surface area contributed by atoms with Crippen LogP contribution in [0.1, 0.15) is 12.0 Å². The van der Waals surface area contributed by atoms with Crippen LogP contribution in [0.3, 0.4) is 0 Å². The Hall–Kier alpha value is -1.15. The number of phenolic OH excluding ortho intramolecular Hbond substituents is 1. The molecule has 0 saturated carbocycles. The van der Waals surface area contributed by atoms with Crippen molar-refractivity contribution in [3.8, 4) is 5.75 Å². The van der Waals surface area contributed by atoms with Crippen LogP contribution in [0.25, 0.3) is 10.8 Å². The van der Waals surface area contributed by atoms with Gasteiger partial charge in [-0.05, 0) is 35.6 Å². The zero-order chi connectivity index (χ0) is 10.7. The Labute approximate surface area is 95.2 Å². The molecule has 0 bridgehead atoms. The highest BCUT2D eigenvalue weighted by Crippen LogP contribution is 2.27. The summed E-state index contributed by atoms with van der Waals surface area (Å²) >= 11 is 4.22. The van der Waals surface area contributed by atoms with Gasteiger partial charge in [-0.2, -0.15) is 12.6 Å². The molecule has 1 N–H and O–H groups in total. The summed E-state index contributed by atoms with van der Waals surface area (Å²) in [5, 5.41) is 11.8. The van der Waals surface area contributed by atoms with Crippen LogP contribution in [0, 0.1) is 0 Å². The Morgan fingerprint density at radius 1 is 1.00 bits per heavy atom. The SMILES string of the molecule is Oc1cccc2c(CCCS)cccc12. The van der Waals surface area contributed by atoms with Crippen molar-refractivity contribution in [2.45, 2.75) is 12.8 Å². The number of hydrogen-bond acceptors (Lipinski definition) is 2. The van der Waals surface area contributed by atoms with E-state index in [1.165, 1.54) is 5.56 Å². The van der Waals surface area contributed by atoms with Crippen molar-refractivity contribution >= 4 is 23.4 Å². The molecule has 2 heteroatoms. The molecule has 2 aromatic rings. The molecule has 0 spiro atoms. The summed E-state index contributed by atoms with van der Waals surface area (Å²) < 4.78 is 0. The maximum absolute atomic E-state index is 9.71. The van der Waals surface area contributed by atoms with Crippen molar-refractivity contribution in [3.05, 3.63) is 42.0 Å². The zero-order valence-electron chi connectivity index (χ0n) is 8.48. The monoisotopic (exact) mass is 218 g/mol. The lowest BCUT2D eigenvalue weighted by Crippen LogP contribution is -1.88. The van der Waals surface area contributed by atoms with E-state index in [4.69, 9.17) is 0 Å². The fraction of sp³-hybridized carbons (Fsp3) is 0.231. The van der Waals surface area contributed by atoms with Crippen molar-refractivity contribution in [1.29, 1.82) is 0 Å². The highest BCUT2D eigenvalue weighted by Gasteiger charge is 2.02. The molecule has 0 aliphatic heterocycles. The van der Waals surface area contributed by atoms with Gasteiger partial charge in [0.1, 0.15) is 5.75 Å². The molecule has 0 aromatic heterocycles. The average molecular weight is 218 g/mol. The van der Waals surface area contributed by atoms with Crippen molar-refractivity contribution in [3.63, 3.8) is 0 Å². The van der Waals surface area contributed by atoms with E-state index in [1.807, 2.05) is 18.2 Å². The van der Waals surface area contributed by atoms with Crippen LogP contribution in [0.2, 0.25) is 0 Å². The highest BCUT2D eigenvalue weighted by molar-refractivity contribution is 7.80. The molecule has 0 aliphatic carbocycles. The summed E-state index contributed by atoms with van der Waals surface area (Å²) in [6.07, 6.45) is 2.09.